The van der Waals surface area contributed by atoms with E-state index in [-0.39, 0.29) is 5.91 Å². The number of nitrogens with zero attached hydrogens (tertiary/aromatic N) is 1. The van der Waals surface area contributed by atoms with Crippen molar-refractivity contribution in [1.29, 1.82) is 0 Å². The van der Waals surface area contributed by atoms with Gasteiger partial charge in [-0.1, -0.05) is 41.4 Å². The largest absolute Gasteiger partial charge is 0.441 e. The summed E-state index contributed by atoms with van der Waals surface area (Å²) in [5.41, 5.74) is 3.42. The van der Waals surface area contributed by atoms with Gasteiger partial charge in [0.1, 0.15) is 5.76 Å². The van der Waals surface area contributed by atoms with E-state index in [0.29, 0.717) is 28.9 Å². The Hall–Kier alpha value is -2.59. The molecule has 3 rings (SSSR count). The maximum atomic E-state index is 12.4. The van der Waals surface area contributed by atoms with Gasteiger partial charge in [-0.15, -0.1) is 0 Å². The summed E-state index contributed by atoms with van der Waals surface area (Å²) in [5.74, 6) is 0.749. The Kier molecular flexibility index (Phi) is 5.19. The third-order valence-corrected chi connectivity index (χ3v) is 4.14. The van der Waals surface area contributed by atoms with Gasteiger partial charge in [0.15, 0.2) is 5.69 Å². The van der Waals surface area contributed by atoms with Gasteiger partial charge in [0.25, 0.3) is 5.91 Å². The molecule has 2 aromatic carbocycles. The SMILES string of the molecule is Cc1cccc(-c2nc(C(=O)NCCc3ccc(Cl)cc3)c(C)o2)c1. The van der Waals surface area contributed by atoms with Gasteiger partial charge >= 0.3 is 0 Å². The molecule has 0 atom stereocenters. The predicted octanol–water partition coefficient (Wildman–Crippen LogP) is 4.58. The fraction of sp³-hybridized carbons (Fsp3) is 0.200. The van der Waals surface area contributed by atoms with Crippen molar-refractivity contribution in [1.82, 2.24) is 10.3 Å². The molecule has 3 aromatic rings. The molecule has 0 aliphatic rings. The minimum atomic E-state index is -0.228. The van der Waals surface area contributed by atoms with E-state index in [0.717, 1.165) is 23.1 Å². The number of halogens is 1. The molecule has 0 radical (unpaired) electrons. The van der Waals surface area contributed by atoms with Crippen LogP contribution in [-0.2, 0) is 6.42 Å². The molecule has 0 saturated carbocycles. The summed E-state index contributed by atoms with van der Waals surface area (Å²) in [6, 6.07) is 15.4. The summed E-state index contributed by atoms with van der Waals surface area (Å²) in [7, 11) is 0. The van der Waals surface area contributed by atoms with Crippen LogP contribution < -0.4 is 5.32 Å². The van der Waals surface area contributed by atoms with Crippen LogP contribution in [0.3, 0.4) is 0 Å². The Morgan fingerprint density at radius 1 is 1.16 bits per heavy atom. The molecule has 0 bridgehead atoms. The molecule has 0 spiro atoms. The monoisotopic (exact) mass is 354 g/mol. The first-order chi connectivity index (χ1) is 12.0. The highest BCUT2D eigenvalue weighted by Gasteiger charge is 2.17. The van der Waals surface area contributed by atoms with Crippen LogP contribution in [0.5, 0.6) is 0 Å². The highest BCUT2D eigenvalue weighted by molar-refractivity contribution is 6.30. The van der Waals surface area contributed by atoms with Crippen molar-refractivity contribution in [3.63, 3.8) is 0 Å². The van der Waals surface area contributed by atoms with Crippen LogP contribution >= 0.6 is 11.6 Å². The lowest BCUT2D eigenvalue weighted by molar-refractivity contribution is 0.0948. The van der Waals surface area contributed by atoms with Crippen LogP contribution in [0.4, 0.5) is 0 Å². The highest BCUT2D eigenvalue weighted by Crippen LogP contribution is 2.22. The fourth-order valence-corrected chi connectivity index (χ4v) is 2.69. The number of oxazole rings is 1. The maximum Gasteiger partial charge on any atom is 0.273 e. The lowest BCUT2D eigenvalue weighted by atomic mass is 10.1. The van der Waals surface area contributed by atoms with E-state index in [1.807, 2.05) is 55.5 Å². The van der Waals surface area contributed by atoms with Crippen LogP contribution in [0.25, 0.3) is 11.5 Å². The molecule has 1 N–H and O–H groups in total. The molecule has 5 heteroatoms. The lowest BCUT2D eigenvalue weighted by Crippen LogP contribution is -2.26. The average Bonchev–Trinajstić information content (AvgIpc) is 2.98. The standard InChI is InChI=1S/C20H19ClN2O2/c1-13-4-3-5-16(12-13)20-23-18(14(2)25-20)19(24)22-11-10-15-6-8-17(21)9-7-15/h3-9,12H,10-11H2,1-2H3,(H,22,24). The highest BCUT2D eigenvalue weighted by atomic mass is 35.5. The number of aromatic nitrogens is 1. The Morgan fingerprint density at radius 3 is 2.64 bits per heavy atom. The number of hydrogen-bond acceptors (Lipinski definition) is 3. The fourth-order valence-electron chi connectivity index (χ4n) is 2.56. The van der Waals surface area contributed by atoms with E-state index < -0.39 is 0 Å². The van der Waals surface area contributed by atoms with Gasteiger partial charge in [0, 0.05) is 17.1 Å². The number of nitrogens with one attached hydrogen (secondary N) is 1. The summed E-state index contributed by atoms with van der Waals surface area (Å²) in [5, 5.41) is 3.59. The minimum Gasteiger partial charge on any atom is -0.441 e. The maximum absolute atomic E-state index is 12.4. The first kappa shape index (κ1) is 17.2. The van der Waals surface area contributed by atoms with Crippen LogP contribution in [-0.4, -0.2) is 17.4 Å². The molecular weight excluding hydrogens is 336 g/mol. The normalized spacial score (nSPS) is 10.7. The lowest BCUT2D eigenvalue weighted by Gasteiger charge is -2.04. The number of carbonyl (C=O) groups is 1. The van der Waals surface area contributed by atoms with Crippen molar-refractivity contribution >= 4 is 17.5 Å². The van der Waals surface area contributed by atoms with Crippen LogP contribution in [0.1, 0.15) is 27.4 Å². The number of rotatable bonds is 5. The zero-order valence-electron chi connectivity index (χ0n) is 14.2. The van der Waals surface area contributed by atoms with Crippen molar-refractivity contribution < 1.29 is 9.21 Å². The summed E-state index contributed by atoms with van der Waals surface area (Å²) in [6.45, 7) is 4.27. The first-order valence-corrected chi connectivity index (χ1v) is 8.48. The van der Waals surface area contributed by atoms with Gasteiger partial charge in [-0.05, 0) is 50.1 Å². The average molecular weight is 355 g/mol. The van der Waals surface area contributed by atoms with Crippen LogP contribution in [0, 0.1) is 13.8 Å². The predicted molar refractivity (Wildman–Crippen MR) is 98.9 cm³/mol. The van der Waals surface area contributed by atoms with Gasteiger partial charge in [-0.3, -0.25) is 4.79 Å². The molecule has 1 aromatic heterocycles. The topological polar surface area (TPSA) is 55.1 Å². The van der Waals surface area contributed by atoms with E-state index in [1.165, 1.54) is 0 Å². The number of amides is 1. The van der Waals surface area contributed by atoms with Gasteiger partial charge in [0.05, 0.1) is 0 Å². The van der Waals surface area contributed by atoms with Gasteiger partial charge in [-0.25, -0.2) is 4.98 Å². The molecule has 1 heterocycles. The molecule has 1 amide bonds. The van der Waals surface area contributed by atoms with Crippen LogP contribution in [0.2, 0.25) is 5.02 Å². The summed E-state index contributed by atoms with van der Waals surface area (Å²) >= 11 is 5.87. The van der Waals surface area contributed by atoms with E-state index in [2.05, 4.69) is 10.3 Å². The Labute approximate surface area is 151 Å². The van der Waals surface area contributed by atoms with Crippen molar-refractivity contribution in [2.45, 2.75) is 20.3 Å². The van der Waals surface area contributed by atoms with E-state index in [1.54, 1.807) is 6.92 Å². The molecule has 0 fully saturated rings. The van der Waals surface area contributed by atoms with Gasteiger partial charge in [-0.2, -0.15) is 0 Å². The summed E-state index contributed by atoms with van der Waals surface area (Å²) in [4.78, 5) is 16.7. The summed E-state index contributed by atoms with van der Waals surface area (Å²) < 4.78 is 5.67. The second-order valence-corrected chi connectivity index (χ2v) is 6.36. The number of aryl methyl sites for hydroxylation is 2. The molecule has 0 aliphatic heterocycles. The molecule has 4 nitrogen and oxygen atoms in total. The van der Waals surface area contributed by atoms with E-state index in [9.17, 15) is 4.79 Å². The van der Waals surface area contributed by atoms with E-state index >= 15 is 0 Å². The third kappa shape index (κ3) is 4.28. The van der Waals surface area contributed by atoms with Crippen LogP contribution in [0.15, 0.2) is 52.9 Å². The zero-order valence-corrected chi connectivity index (χ0v) is 14.9. The summed E-state index contributed by atoms with van der Waals surface area (Å²) in [6.07, 6.45) is 0.727. The minimum absolute atomic E-state index is 0.228. The van der Waals surface area contributed by atoms with Gasteiger partial charge in [0.2, 0.25) is 5.89 Å². The van der Waals surface area contributed by atoms with Crippen molar-refractivity contribution in [2.75, 3.05) is 6.54 Å². The number of carbonyl (C=O) groups excluding carboxylic acids is 1. The molecule has 0 unspecified atom stereocenters. The molecule has 0 saturated heterocycles. The Balaban J connectivity index is 1.65. The number of hydrogen-bond donors (Lipinski definition) is 1. The molecular formula is C20H19ClN2O2. The zero-order chi connectivity index (χ0) is 17.8. The van der Waals surface area contributed by atoms with E-state index in [4.69, 9.17) is 16.0 Å². The molecule has 25 heavy (non-hydrogen) atoms. The quantitative estimate of drug-likeness (QED) is 0.729. The second-order valence-electron chi connectivity index (χ2n) is 5.93. The smallest absolute Gasteiger partial charge is 0.273 e. The first-order valence-electron chi connectivity index (χ1n) is 8.10. The second kappa shape index (κ2) is 7.53. The number of benzene rings is 2. The molecule has 0 aliphatic carbocycles. The van der Waals surface area contributed by atoms with Crippen molar-refractivity contribution in [3.05, 3.63) is 76.1 Å². The van der Waals surface area contributed by atoms with Gasteiger partial charge < -0.3 is 9.73 Å². The van der Waals surface area contributed by atoms with Crippen molar-refractivity contribution in [2.24, 2.45) is 0 Å². The molecule has 128 valence electrons. The third-order valence-electron chi connectivity index (χ3n) is 3.89. The Morgan fingerprint density at radius 2 is 1.92 bits per heavy atom. The Bertz CT molecular complexity index is 885. The van der Waals surface area contributed by atoms with Crippen molar-refractivity contribution in [3.8, 4) is 11.5 Å².